The van der Waals surface area contributed by atoms with E-state index in [9.17, 15) is 4.79 Å². The van der Waals surface area contributed by atoms with Crippen LogP contribution in [0.5, 0.6) is 0 Å². The van der Waals surface area contributed by atoms with Crippen LogP contribution in [0.1, 0.15) is 80.8 Å². The predicted molar refractivity (Wildman–Crippen MR) is 93.0 cm³/mol. The lowest BCUT2D eigenvalue weighted by atomic mass is 10.0. The molecule has 0 aliphatic heterocycles. The Morgan fingerprint density at radius 3 is 2.58 bits per heavy atom. The monoisotopic (exact) mass is 360 g/mol. The molecule has 2 N–H and O–H groups in total. The second-order valence-electron chi connectivity index (χ2n) is 6.86. The molecule has 3 heterocycles. The molecule has 9 heteroatoms. The first-order chi connectivity index (χ1) is 12.5. The fraction of sp³-hybridized carbons (Fsp3) is 0.588. The lowest BCUT2D eigenvalue weighted by Gasteiger charge is -2.04. The van der Waals surface area contributed by atoms with Crippen molar-refractivity contribution in [3.63, 3.8) is 0 Å². The Hall–Kier alpha value is -2.71. The standard InChI is InChI=1S/C17H24N6O3/c1-5-9(2)13-8-12(20-21-13)6-10(3)15-18-14(25-22-15)7-11(4)16-19-17(24)26-23-16/h8-11H,5-7H2,1-4H3,(H,20,21)(H,19,23,24). The van der Waals surface area contributed by atoms with Crippen molar-refractivity contribution in [2.75, 3.05) is 0 Å². The van der Waals surface area contributed by atoms with E-state index >= 15 is 0 Å². The van der Waals surface area contributed by atoms with Gasteiger partial charge in [-0.25, -0.2) is 4.79 Å². The summed E-state index contributed by atoms with van der Waals surface area (Å²) < 4.78 is 9.87. The second kappa shape index (κ2) is 7.67. The van der Waals surface area contributed by atoms with E-state index in [1.807, 2.05) is 6.92 Å². The molecule has 3 rings (SSSR count). The molecule has 9 nitrogen and oxygen atoms in total. The van der Waals surface area contributed by atoms with Crippen LogP contribution in [0.2, 0.25) is 0 Å². The first-order valence-corrected chi connectivity index (χ1v) is 8.88. The topological polar surface area (TPSA) is 126 Å². The summed E-state index contributed by atoms with van der Waals surface area (Å²) in [7, 11) is 0. The van der Waals surface area contributed by atoms with Gasteiger partial charge >= 0.3 is 5.76 Å². The highest BCUT2D eigenvalue weighted by Gasteiger charge is 2.19. The lowest BCUT2D eigenvalue weighted by molar-refractivity contribution is 0.356. The zero-order valence-electron chi connectivity index (χ0n) is 15.4. The van der Waals surface area contributed by atoms with Gasteiger partial charge in [0.2, 0.25) is 5.89 Å². The Bertz CT molecular complexity index is 892. The maximum Gasteiger partial charge on any atom is 0.438 e. The third-order valence-electron chi connectivity index (χ3n) is 4.62. The molecule has 0 radical (unpaired) electrons. The molecule has 0 fully saturated rings. The number of nitrogens with zero attached hydrogens (tertiary/aromatic N) is 4. The van der Waals surface area contributed by atoms with Gasteiger partial charge < -0.3 is 4.52 Å². The zero-order valence-corrected chi connectivity index (χ0v) is 15.4. The molecule has 3 unspecified atom stereocenters. The Kier molecular flexibility index (Phi) is 5.34. The molecular weight excluding hydrogens is 336 g/mol. The maximum absolute atomic E-state index is 11.0. The average Bonchev–Trinajstić information content (AvgIpc) is 3.35. The van der Waals surface area contributed by atoms with Gasteiger partial charge in [0.25, 0.3) is 0 Å². The summed E-state index contributed by atoms with van der Waals surface area (Å²) in [5.74, 6) is 1.52. The summed E-state index contributed by atoms with van der Waals surface area (Å²) in [5.41, 5.74) is 2.15. The van der Waals surface area contributed by atoms with Crippen LogP contribution in [-0.4, -0.2) is 30.5 Å². The largest absolute Gasteiger partial charge is 0.438 e. The number of aromatic nitrogens is 6. The molecule has 0 bridgehead atoms. The third-order valence-corrected chi connectivity index (χ3v) is 4.62. The van der Waals surface area contributed by atoms with E-state index in [1.165, 1.54) is 0 Å². The van der Waals surface area contributed by atoms with E-state index in [-0.39, 0.29) is 11.8 Å². The van der Waals surface area contributed by atoms with Gasteiger partial charge in [-0.2, -0.15) is 10.1 Å². The van der Waals surface area contributed by atoms with E-state index < -0.39 is 5.76 Å². The van der Waals surface area contributed by atoms with Gasteiger partial charge in [0.15, 0.2) is 11.6 Å². The average molecular weight is 360 g/mol. The molecular formula is C17H24N6O3. The molecule has 0 saturated carbocycles. The SMILES string of the molecule is CCC(C)c1cc(CC(C)c2noc(CC(C)c3noc(=O)[nH]3)n2)[nH]n1. The van der Waals surface area contributed by atoms with Crippen LogP contribution in [0.4, 0.5) is 0 Å². The van der Waals surface area contributed by atoms with Crippen LogP contribution in [0.3, 0.4) is 0 Å². The lowest BCUT2D eigenvalue weighted by Crippen LogP contribution is -2.05. The predicted octanol–water partition coefficient (Wildman–Crippen LogP) is 2.67. The summed E-state index contributed by atoms with van der Waals surface area (Å²) >= 11 is 0. The van der Waals surface area contributed by atoms with Crippen LogP contribution < -0.4 is 5.76 Å². The fourth-order valence-corrected chi connectivity index (χ4v) is 2.73. The fourth-order valence-electron chi connectivity index (χ4n) is 2.73. The third kappa shape index (κ3) is 4.09. The Morgan fingerprint density at radius 1 is 1.08 bits per heavy atom. The van der Waals surface area contributed by atoms with E-state index in [1.54, 1.807) is 0 Å². The highest BCUT2D eigenvalue weighted by atomic mass is 16.5. The first-order valence-electron chi connectivity index (χ1n) is 8.88. The molecule has 140 valence electrons. The Balaban J connectivity index is 1.61. The van der Waals surface area contributed by atoms with Gasteiger partial charge in [0.1, 0.15) is 0 Å². The summed E-state index contributed by atoms with van der Waals surface area (Å²) in [4.78, 5) is 18.0. The Labute approximate surface area is 150 Å². The van der Waals surface area contributed by atoms with Crippen molar-refractivity contribution in [1.29, 1.82) is 0 Å². The van der Waals surface area contributed by atoms with Crippen molar-refractivity contribution in [1.82, 2.24) is 30.5 Å². The van der Waals surface area contributed by atoms with Crippen molar-refractivity contribution in [2.45, 2.75) is 64.7 Å². The normalized spacial score (nSPS) is 15.1. The number of hydrogen-bond donors (Lipinski definition) is 2. The molecule has 3 atom stereocenters. The van der Waals surface area contributed by atoms with Crippen molar-refractivity contribution < 1.29 is 9.05 Å². The molecule has 26 heavy (non-hydrogen) atoms. The molecule has 0 aromatic carbocycles. The number of rotatable bonds is 8. The van der Waals surface area contributed by atoms with Crippen LogP contribution in [0.25, 0.3) is 0 Å². The molecule has 0 amide bonds. The van der Waals surface area contributed by atoms with Crippen molar-refractivity contribution in [2.24, 2.45) is 0 Å². The number of H-pyrrole nitrogens is 2. The van der Waals surface area contributed by atoms with Gasteiger partial charge in [-0.1, -0.05) is 38.0 Å². The van der Waals surface area contributed by atoms with E-state index in [0.717, 1.165) is 24.2 Å². The number of hydrogen-bond acceptors (Lipinski definition) is 7. The number of nitrogens with one attached hydrogen (secondary N) is 2. The van der Waals surface area contributed by atoms with E-state index in [4.69, 9.17) is 4.52 Å². The molecule has 0 spiro atoms. The maximum atomic E-state index is 11.0. The summed E-state index contributed by atoms with van der Waals surface area (Å²) in [5, 5.41) is 15.3. The molecule has 0 saturated heterocycles. The van der Waals surface area contributed by atoms with Crippen LogP contribution >= 0.6 is 0 Å². The quantitative estimate of drug-likeness (QED) is 0.632. The Morgan fingerprint density at radius 2 is 1.88 bits per heavy atom. The molecule has 3 aromatic heterocycles. The smallest absolute Gasteiger partial charge is 0.339 e. The van der Waals surface area contributed by atoms with Gasteiger partial charge in [-0.15, -0.1) is 0 Å². The zero-order chi connectivity index (χ0) is 18.7. The molecule has 0 aliphatic carbocycles. The van der Waals surface area contributed by atoms with Crippen molar-refractivity contribution >= 4 is 0 Å². The minimum Gasteiger partial charge on any atom is -0.339 e. The summed E-state index contributed by atoms with van der Waals surface area (Å²) in [6.45, 7) is 8.27. The van der Waals surface area contributed by atoms with Gasteiger partial charge in [-0.05, 0) is 24.8 Å². The highest BCUT2D eigenvalue weighted by Crippen LogP contribution is 2.22. The number of aromatic amines is 2. The second-order valence-corrected chi connectivity index (χ2v) is 6.86. The van der Waals surface area contributed by atoms with E-state index in [2.05, 4.69) is 61.8 Å². The van der Waals surface area contributed by atoms with Gasteiger partial charge in [-0.3, -0.25) is 14.6 Å². The minimum absolute atomic E-state index is 0.0873. The van der Waals surface area contributed by atoms with Crippen LogP contribution in [-0.2, 0) is 12.8 Å². The first kappa shape index (κ1) is 18.1. The molecule has 0 aliphatic rings. The van der Waals surface area contributed by atoms with Gasteiger partial charge in [0.05, 0.1) is 5.69 Å². The summed E-state index contributed by atoms with van der Waals surface area (Å²) in [6, 6.07) is 2.11. The summed E-state index contributed by atoms with van der Waals surface area (Å²) in [6.07, 6.45) is 2.29. The van der Waals surface area contributed by atoms with Crippen LogP contribution in [0, 0.1) is 0 Å². The minimum atomic E-state index is -0.567. The van der Waals surface area contributed by atoms with Crippen molar-refractivity contribution in [3.8, 4) is 0 Å². The van der Waals surface area contributed by atoms with Crippen LogP contribution in [0.15, 0.2) is 19.9 Å². The van der Waals surface area contributed by atoms with Crippen molar-refractivity contribution in [3.05, 3.63) is 45.5 Å². The molecule has 3 aromatic rings. The van der Waals surface area contributed by atoms with E-state index in [0.29, 0.717) is 29.9 Å². The van der Waals surface area contributed by atoms with Gasteiger partial charge in [0, 0.05) is 24.0 Å². The highest BCUT2D eigenvalue weighted by molar-refractivity contribution is 5.14.